The number of nitrogens with one attached hydrogen (secondary N) is 1. The first-order chi connectivity index (χ1) is 13.9. The Morgan fingerprint density at radius 2 is 1.93 bits per heavy atom. The molecule has 0 spiro atoms. The number of benzene rings is 2. The highest BCUT2D eigenvalue weighted by molar-refractivity contribution is 6.31. The molecular weight excluding hydrogens is 393 g/mol. The lowest BCUT2D eigenvalue weighted by molar-refractivity contribution is 0.0941. The Morgan fingerprint density at radius 1 is 1.24 bits per heavy atom. The number of amides is 1. The molecule has 0 aliphatic heterocycles. The maximum Gasteiger partial charge on any atom is 0.257 e. The van der Waals surface area contributed by atoms with Crippen molar-refractivity contribution in [2.75, 3.05) is 5.73 Å². The van der Waals surface area contributed by atoms with E-state index in [1.165, 1.54) is 18.2 Å². The molecule has 4 aromatic rings. The van der Waals surface area contributed by atoms with Crippen LogP contribution in [0, 0.1) is 5.82 Å². The Labute approximate surface area is 171 Å². The van der Waals surface area contributed by atoms with Gasteiger partial charge in [0, 0.05) is 6.04 Å². The second-order valence-corrected chi connectivity index (χ2v) is 7.27. The molecule has 0 aliphatic rings. The summed E-state index contributed by atoms with van der Waals surface area (Å²) in [6.07, 6.45) is 0.770. The van der Waals surface area contributed by atoms with Crippen molar-refractivity contribution in [2.45, 2.75) is 26.3 Å². The van der Waals surface area contributed by atoms with Crippen LogP contribution < -0.4 is 11.1 Å². The first-order valence-electron chi connectivity index (χ1n) is 9.23. The molecule has 1 atom stereocenters. The molecule has 3 N–H and O–H groups in total. The van der Waals surface area contributed by atoms with Gasteiger partial charge in [-0.05, 0) is 43.7 Å². The third-order valence-corrected chi connectivity index (χ3v) is 5.17. The van der Waals surface area contributed by atoms with Crippen molar-refractivity contribution in [3.8, 4) is 5.69 Å². The second-order valence-electron chi connectivity index (χ2n) is 6.86. The van der Waals surface area contributed by atoms with E-state index in [1.807, 2.05) is 38.1 Å². The minimum atomic E-state index is -0.545. The Kier molecular flexibility index (Phi) is 4.84. The van der Waals surface area contributed by atoms with Gasteiger partial charge in [-0.1, -0.05) is 30.7 Å². The molecule has 0 radical (unpaired) electrons. The topological polar surface area (TPSA) is 85.8 Å². The molecule has 0 aliphatic carbocycles. The summed E-state index contributed by atoms with van der Waals surface area (Å²) in [6.45, 7) is 3.89. The number of carbonyl (C=O) groups is 1. The van der Waals surface area contributed by atoms with Crippen LogP contribution in [0.25, 0.3) is 27.9 Å². The molecule has 29 heavy (non-hydrogen) atoms. The molecule has 0 saturated carbocycles. The van der Waals surface area contributed by atoms with Crippen LogP contribution in [0.4, 0.5) is 10.2 Å². The molecular formula is C21H19ClFN5O. The van der Waals surface area contributed by atoms with Gasteiger partial charge in [0.15, 0.2) is 5.65 Å². The summed E-state index contributed by atoms with van der Waals surface area (Å²) in [5.41, 5.74) is 9.21. The fourth-order valence-corrected chi connectivity index (χ4v) is 3.34. The van der Waals surface area contributed by atoms with E-state index in [-0.39, 0.29) is 28.4 Å². The van der Waals surface area contributed by atoms with E-state index in [9.17, 15) is 9.18 Å². The molecule has 2 aromatic carbocycles. The minimum absolute atomic E-state index is 0.0334. The highest BCUT2D eigenvalue weighted by Gasteiger charge is 2.25. The van der Waals surface area contributed by atoms with E-state index < -0.39 is 5.82 Å². The van der Waals surface area contributed by atoms with Gasteiger partial charge in [0.25, 0.3) is 5.91 Å². The fourth-order valence-electron chi connectivity index (χ4n) is 3.17. The first kappa shape index (κ1) is 19.1. The van der Waals surface area contributed by atoms with Crippen molar-refractivity contribution in [3.63, 3.8) is 0 Å². The summed E-state index contributed by atoms with van der Waals surface area (Å²) in [4.78, 5) is 22.3. The van der Waals surface area contributed by atoms with E-state index in [0.29, 0.717) is 27.9 Å². The van der Waals surface area contributed by atoms with E-state index in [4.69, 9.17) is 17.3 Å². The number of aromatic nitrogens is 3. The number of para-hydroxylation sites is 2. The van der Waals surface area contributed by atoms with Gasteiger partial charge in [-0.25, -0.2) is 14.4 Å². The summed E-state index contributed by atoms with van der Waals surface area (Å²) >= 11 is 5.97. The monoisotopic (exact) mass is 411 g/mol. The van der Waals surface area contributed by atoms with Crippen molar-refractivity contribution in [2.24, 2.45) is 0 Å². The van der Waals surface area contributed by atoms with E-state index in [1.54, 1.807) is 4.57 Å². The van der Waals surface area contributed by atoms with Crippen molar-refractivity contribution in [1.29, 1.82) is 0 Å². The normalized spacial score (nSPS) is 12.4. The van der Waals surface area contributed by atoms with E-state index in [0.717, 1.165) is 6.42 Å². The highest BCUT2D eigenvalue weighted by Crippen LogP contribution is 2.32. The second kappa shape index (κ2) is 7.33. The van der Waals surface area contributed by atoms with Crippen LogP contribution in [0.1, 0.15) is 30.6 Å². The van der Waals surface area contributed by atoms with Crippen LogP contribution in [-0.4, -0.2) is 26.5 Å². The summed E-state index contributed by atoms with van der Waals surface area (Å²) in [7, 11) is 0. The largest absolute Gasteiger partial charge is 0.384 e. The van der Waals surface area contributed by atoms with Gasteiger partial charge >= 0.3 is 0 Å². The molecule has 2 heterocycles. The van der Waals surface area contributed by atoms with Crippen LogP contribution in [0.15, 0.2) is 42.5 Å². The molecule has 1 unspecified atom stereocenters. The number of nitrogen functional groups attached to an aromatic ring is 1. The number of hydrogen-bond acceptors (Lipinski definition) is 4. The molecule has 4 rings (SSSR count). The van der Waals surface area contributed by atoms with Crippen molar-refractivity contribution >= 4 is 45.5 Å². The molecule has 0 fully saturated rings. The maximum atomic E-state index is 13.7. The Hall–Kier alpha value is -3.19. The highest BCUT2D eigenvalue weighted by atomic mass is 35.5. The van der Waals surface area contributed by atoms with Gasteiger partial charge in [-0.3, -0.25) is 9.36 Å². The van der Waals surface area contributed by atoms with Crippen LogP contribution in [-0.2, 0) is 0 Å². The Bertz CT molecular complexity index is 1250. The molecule has 6 nitrogen and oxygen atoms in total. The third-order valence-electron chi connectivity index (χ3n) is 4.88. The SMILES string of the molecule is CCC(C)NC(=O)c1c(N)n(-c2ccc(F)c(Cl)c2)c2nc3ccccc3nc12. The van der Waals surface area contributed by atoms with Gasteiger partial charge in [0.05, 0.1) is 21.7 Å². The molecule has 148 valence electrons. The van der Waals surface area contributed by atoms with Crippen LogP contribution >= 0.6 is 11.6 Å². The summed E-state index contributed by atoms with van der Waals surface area (Å²) in [6, 6.07) is 11.5. The Balaban J connectivity index is 2.04. The maximum absolute atomic E-state index is 13.7. The number of halogens is 2. The van der Waals surface area contributed by atoms with Crippen LogP contribution in [0.2, 0.25) is 5.02 Å². The predicted octanol–water partition coefficient (Wildman–Crippen LogP) is 4.48. The lowest BCUT2D eigenvalue weighted by atomic mass is 10.2. The quantitative estimate of drug-likeness (QED) is 0.518. The number of nitrogens with two attached hydrogens (primary N) is 1. The van der Waals surface area contributed by atoms with Gasteiger partial charge in [-0.2, -0.15) is 0 Å². The van der Waals surface area contributed by atoms with Gasteiger partial charge in [0.2, 0.25) is 0 Å². The average molecular weight is 412 g/mol. The molecule has 2 aromatic heterocycles. The zero-order valence-electron chi connectivity index (χ0n) is 15.9. The zero-order chi connectivity index (χ0) is 20.7. The minimum Gasteiger partial charge on any atom is -0.384 e. The van der Waals surface area contributed by atoms with E-state index >= 15 is 0 Å². The number of carbonyl (C=O) groups excluding carboxylic acids is 1. The summed E-state index contributed by atoms with van der Waals surface area (Å²) in [5.74, 6) is -0.714. The Morgan fingerprint density at radius 3 is 2.59 bits per heavy atom. The molecule has 0 saturated heterocycles. The smallest absolute Gasteiger partial charge is 0.257 e. The number of nitrogens with zero attached hydrogens (tertiary/aromatic N) is 3. The predicted molar refractivity (Wildman–Crippen MR) is 113 cm³/mol. The molecule has 8 heteroatoms. The standard InChI is InChI=1S/C21H19ClFN5O/c1-3-11(2)25-21(29)17-18-20(27-16-7-5-4-6-15(16)26-18)28(19(17)24)12-8-9-14(23)13(22)10-12/h4-11H,3,24H2,1-2H3,(H,25,29). The average Bonchev–Trinajstić information content (AvgIpc) is 2.99. The molecule has 1 amide bonds. The van der Waals surface area contributed by atoms with Crippen LogP contribution in [0.3, 0.4) is 0 Å². The van der Waals surface area contributed by atoms with E-state index in [2.05, 4.69) is 15.3 Å². The third kappa shape index (κ3) is 3.27. The lowest BCUT2D eigenvalue weighted by Crippen LogP contribution is -2.32. The number of fused-ring (bicyclic) bond motifs is 2. The van der Waals surface area contributed by atoms with Crippen molar-refractivity contribution in [3.05, 3.63) is 58.9 Å². The zero-order valence-corrected chi connectivity index (χ0v) is 16.7. The van der Waals surface area contributed by atoms with Crippen LogP contribution in [0.5, 0.6) is 0 Å². The molecule has 0 bridgehead atoms. The first-order valence-corrected chi connectivity index (χ1v) is 9.61. The fraction of sp³-hybridized carbons (Fsp3) is 0.190. The lowest BCUT2D eigenvalue weighted by Gasteiger charge is -2.12. The summed E-state index contributed by atoms with van der Waals surface area (Å²) in [5, 5.41) is 2.87. The van der Waals surface area contributed by atoms with Crippen molar-refractivity contribution in [1.82, 2.24) is 19.9 Å². The van der Waals surface area contributed by atoms with Gasteiger partial charge in [-0.15, -0.1) is 0 Å². The van der Waals surface area contributed by atoms with Gasteiger partial charge in [0.1, 0.15) is 22.7 Å². The number of rotatable bonds is 4. The number of anilines is 1. The van der Waals surface area contributed by atoms with Gasteiger partial charge < -0.3 is 11.1 Å². The van der Waals surface area contributed by atoms with Crippen molar-refractivity contribution < 1.29 is 9.18 Å². The number of hydrogen-bond donors (Lipinski definition) is 2. The summed E-state index contributed by atoms with van der Waals surface area (Å²) < 4.78 is 15.3.